The molecule has 1 atom stereocenters. The molecule has 0 aliphatic rings. The fourth-order valence-electron chi connectivity index (χ4n) is 2.52. The number of aromatic nitrogens is 3. The Morgan fingerprint density at radius 3 is 2.67 bits per heavy atom. The van der Waals surface area contributed by atoms with Crippen LogP contribution >= 0.6 is 11.6 Å². The second-order valence-electron chi connectivity index (χ2n) is 5.98. The molecule has 3 rings (SSSR count). The lowest BCUT2D eigenvalue weighted by molar-refractivity contribution is -0.134. The number of nitrogens with zero attached hydrogens (tertiary/aromatic N) is 4. The van der Waals surface area contributed by atoms with Gasteiger partial charge in [0.25, 0.3) is 5.91 Å². The number of halogens is 2. The third-order valence-electron chi connectivity index (χ3n) is 4.28. The molecule has 0 radical (unpaired) electrons. The first kappa shape index (κ1) is 18.8. The summed E-state index contributed by atoms with van der Waals surface area (Å²) in [7, 11) is 1.70. The van der Waals surface area contributed by atoms with Gasteiger partial charge in [0.15, 0.2) is 6.61 Å². The number of ether oxygens (including phenoxy) is 1. The minimum atomic E-state index is -0.459. The second-order valence-corrected chi connectivity index (χ2v) is 6.38. The summed E-state index contributed by atoms with van der Waals surface area (Å²) in [6.07, 6.45) is 3.09. The largest absolute Gasteiger partial charge is 0.482 e. The number of rotatable bonds is 6. The van der Waals surface area contributed by atoms with E-state index in [1.54, 1.807) is 23.0 Å². The van der Waals surface area contributed by atoms with Crippen LogP contribution in [0.25, 0.3) is 5.69 Å². The lowest BCUT2D eigenvalue weighted by Gasteiger charge is -2.25. The first-order valence-corrected chi connectivity index (χ1v) is 8.62. The van der Waals surface area contributed by atoms with Crippen molar-refractivity contribution in [2.45, 2.75) is 13.0 Å². The van der Waals surface area contributed by atoms with Gasteiger partial charge < -0.3 is 9.64 Å². The van der Waals surface area contributed by atoms with E-state index in [0.717, 1.165) is 17.3 Å². The van der Waals surface area contributed by atoms with Crippen molar-refractivity contribution < 1.29 is 13.9 Å². The molecule has 0 saturated carbocycles. The summed E-state index contributed by atoms with van der Waals surface area (Å²) >= 11 is 5.91. The van der Waals surface area contributed by atoms with Crippen LogP contribution in [0.1, 0.15) is 18.5 Å². The highest BCUT2D eigenvalue weighted by molar-refractivity contribution is 6.32. The highest BCUT2D eigenvalue weighted by Gasteiger charge is 2.18. The molecule has 1 heterocycles. The first-order chi connectivity index (χ1) is 13.0. The van der Waals surface area contributed by atoms with Gasteiger partial charge in [-0.15, -0.1) is 0 Å². The lowest BCUT2D eigenvalue weighted by atomic mass is 10.1. The van der Waals surface area contributed by atoms with Gasteiger partial charge >= 0.3 is 0 Å². The SMILES string of the molecule is C[C@H](c1ccc(-n2cncn2)cc1)N(C)C(=O)COc1ccc(F)cc1Cl. The van der Waals surface area contributed by atoms with Crippen molar-refractivity contribution in [1.82, 2.24) is 19.7 Å². The Balaban J connectivity index is 1.62. The average molecular weight is 389 g/mol. The van der Waals surface area contributed by atoms with E-state index in [9.17, 15) is 9.18 Å². The fourth-order valence-corrected chi connectivity index (χ4v) is 2.74. The molecule has 0 fully saturated rings. The van der Waals surface area contributed by atoms with Gasteiger partial charge in [0.05, 0.1) is 16.8 Å². The molecule has 8 heteroatoms. The third-order valence-corrected chi connectivity index (χ3v) is 4.57. The van der Waals surface area contributed by atoms with Crippen molar-refractivity contribution in [3.05, 3.63) is 71.5 Å². The first-order valence-electron chi connectivity index (χ1n) is 8.24. The van der Waals surface area contributed by atoms with E-state index >= 15 is 0 Å². The Hall–Kier alpha value is -2.93. The van der Waals surface area contributed by atoms with Gasteiger partial charge in [0.2, 0.25) is 0 Å². The number of hydrogen-bond acceptors (Lipinski definition) is 4. The highest BCUT2D eigenvalue weighted by atomic mass is 35.5. The summed E-state index contributed by atoms with van der Waals surface area (Å²) in [5, 5.41) is 4.21. The number of benzene rings is 2. The van der Waals surface area contributed by atoms with E-state index in [0.29, 0.717) is 0 Å². The Morgan fingerprint density at radius 2 is 2.04 bits per heavy atom. The van der Waals surface area contributed by atoms with E-state index in [1.165, 1.54) is 18.5 Å². The number of carbonyl (C=O) groups is 1. The standard InChI is InChI=1S/C19H18ClFN4O2/c1-13(14-3-6-16(7-4-14)25-12-22-11-23-25)24(2)19(26)10-27-18-8-5-15(21)9-17(18)20/h3-9,11-13H,10H2,1-2H3/t13-/m1/s1. The van der Waals surface area contributed by atoms with Crippen LogP contribution in [0.4, 0.5) is 4.39 Å². The molecule has 0 aliphatic heterocycles. The quantitative estimate of drug-likeness (QED) is 0.646. The van der Waals surface area contributed by atoms with Gasteiger partial charge in [-0.1, -0.05) is 23.7 Å². The van der Waals surface area contributed by atoms with Crippen molar-refractivity contribution in [2.75, 3.05) is 13.7 Å². The summed E-state index contributed by atoms with van der Waals surface area (Å²) in [6, 6.07) is 11.3. The van der Waals surface area contributed by atoms with Crippen molar-refractivity contribution in [2.24, 2.45) is 0 Å². The molecule has 0 N–H and O–H groups in total. The zero-order chi connectivity index (χ0) is 19.4. The van der Waals surface area contributed by atoms with E-state index in [4.69, 9.17) is 16.3 Å². The zero-order valence-corrected chi connectivity index (χ0v) is 15.6. The normalized spacial score (nSPS) is 11.9. The van der Waals surface area contributed by atoms with Crippen LogP contribution in [0, 0.1) is 5.82 Å². The van der Waals surface area contributed by atoms with Crippen LogP contribution in [0.3, 0.4) is 0 Å². The predicted molar refractivity (Wildman–Crippen MR) is 99.4 cm³/mol. The van der Waals surface area contributed by atoms with Crippen molar-refractivity contribution >= 4 is 17.5 Å². The Labute approximate surface area is 161 Å². The molecular formula is C19H18ClFN4O2. The van der Waals surface area contributed by atoms with E-state index in [2.05, 4.69) is 10.1 Å². The van der Waals surface area contributed by atoms with Gasteiger partial charge in [-0.05, 0) is 42.8 Å². The molecule has 1 aromatic heterocycles. The summed E-state index contributed by atoms with van der Waals surface area (Å²) in [6.45, 7) is 1.73. The molecule has 0 unspecified atom stereocenters. The summed E-state index contributed by atoms with van der Waals surface area (Å²) < 4.78 is 20.1. The van der Waals surface area contributed by atoms with Gasteiger partial charge in [0, 0.05) is 7.05 Å². The lowest BCUT2D eigenvalue weighted by Crippen LogP contribution is -2.33. The Bertz CT molecular complexity index is 916. The molecule has 0 bridgehead atoms. The fraction of sp³-hybridized carbons (Fsp3) is 0.211. The molecule has 3 aromatic rings. The zero-order valence-electron chi connectivity index (χ0n) is 14.8. The van der Waals surface area contributed by atoms with E-state index in [-0.39, 0.29) is 29.3 Å². The number of amides is 1. The van der Waals surface area contributed by atoms with E-state index in [1.807, 2.05) is 31.2 Å². The smallest absolute Gasteiger partial charge is 0.260 e. The van der Waals surface area contributed by atoms with Gasteiger partial charge in [0.1, 0.15) is 24.2 Å². The number of hydrogen-bond donors (Lipinski definition) is 0. The second kappa shape index (κ2) is 8.18. The minimum Gasteiger partial charge on any atom is -0.482 e. The minimum absolute atomic E-state index is 0.127. The molecule has 0 aliphatic carbocycles. The summed E-state index contributed by atoms with van der Waals surface area (Å²) in [4.78, 5) is 17.9. The van der Waals surface area contributed by atoms with Gasteiger partial charge in [-0.2, -0.15) is 5.10 Å². The Morgan fingerprint density at radius 1 is 1.30 bits per heavy atom. The van der Waals surface area contributed by atoms with Crippen LogP contribution in [0.5, 0.6) is 5.75 Å². The Kier molecular flexibility index (Phi) is 5.71. The van der Waals surface area contributed by atoms with Crippen molar-refractivity contribution in [1.29, 1.82) is 0 Å². The average Bonchev–Trinajstić information content (AvgIpc) is 3.21. The number of carbonyl (C=O) groups excluding carboxylic acids is 1. The van der Waals surface area contributed by atoms with Crippen molar-refractivity contribution in [3.63, 3.8) is 0 Å². The maximum atomic E-state index is 13.1. The molecule has 0 saturated heterocycles. The summed E-state index contributed by atoms with van der Waals surface area (Å²) in [5.41, 5.74) is 1.85. The van der Waals surface area contributed by atoms with Crippen LogP contribution in [-0.4, -0.2) is 39.2 Å². The molecule has 0 spiro atoms. The van der Waals surface area contributed by atoms with Crippen molar-refractivity contribution in [3.8, 4) is 11.4 Å². The third kappa shape index (κ3) is 4.43. The van der Waals surface area contributed by atoms with Gasteiger partial charge in [-0.25, -0.2) is 14.1 Å². The molecule has 2 aromatic carbocycles. The van der Waals surface area contributed by atoms with Crippen LogP contribution in [0.15, 0.2) is 55.1 Å². The molecule has 140 valence electrons. The maximum absolute atomic E-state index is 13.1. The molecule has 27 heavy (non-hydrogen) atoms. The highest BCUT2D eigenvalue weighted by Crippen LogP contribution is 2.25. The number of likely N-dealkylation sites (N-methyl/N-ethyl adjacent to an activating group) is 1. The molecular weight excluding hydrogens is 371 g/mol. The van der Waals surface area contributed by atoms with Crippen LogP contribution in [-0.2, 0) is 4.79 Å². The summed E-state index contributed by atoms with van der Waals surface area (Å²) in [5.74, 6) is -0.411. The monoisotopic (exact) mass is 388 g/mol. The van der Waals surface area contributed by atoms with Gasteiger partial charge in [-0.3, -0.25) is 4.79 Å². The predicted octanol–water partition coefficient (Wildman–Crippen LogP) is 3.66. The molecule has 1 amide bonds. The topological polar surface area (TPSA) is 60.2 Å². The maximum Gasteiger partial charge on any atom is 0.260 e. The molecule has 6 nitrogen and oxygen atoms in total. The van der Waals surface area contributed by atoms with Crippen LogP contribution in [0.2, 0.25) is 5.02 Å². The van der Waals surface area contributed by atoms with E-state index < -0.39 is 5.82 Å². The van der Waals surface area contributed by atoms with Crippen LogP contribution < -0.4 is 4.74 Å².